The Bertz CT molecular complexity index is 589. The maximum atomic E-state index is 5.49. The topological polar surface area (TPSA) is 48.9 Å². The maximum Gasteiger partial charge on any atom is 0.191 e. The molecule has 1 aromatic carbocycles. The number of para-hydroxylation sites is 1. The molecule has 1 saturated carbocycles. The molecule has 2 fully saturated rings. The van der Waals surface area contributed by atoms with Crippen LogP contribution >= 0.6 is 0 Å². The predicted molar refractivity (Wildman–Crippen MR) is 109 cm³/mol. The van der Waals surface area contributed by atoms with Crippen molar-refractivity contribution in [2.45, 2.75) is 45.6 Å². The van der Waals surface area contributed by atoms with Crippen LogP contribution in [0.5, 0.6) is 0 Å². The SMILES string of the molecule is CCC1(CNC(=NC)NCc2ccccc2N2CCOCC2)CCCC1. The fraction of sp³-hybridized carbons (Fsp3) is 0.667. The van der Waals surface area contributed by atoms with E-state index in [0.29, 0.717) is 5.41 Å². The first-order chi connectivity index (χ1) is 12.8. The Morgan fingerprint density at radius 2 is 1.88 bits per heavy atom. The van der Waals surface area contributed by atoms with Crippen LogP contribution < -0.4 is 15.5 Å². The van der Waals surface area contributed by atoms with Crippen LogP contribution in [0.2, 0.25) is 0 Å². The zero-order chi connectivity index (χ0) is 18.2. The van der Waals surface area contributed by atoms with Crippen molar-refractivity contribution < 1.29 is 4.74 Å². The summed E-state index contributed by atoms with van der Waals surface area (Å²) in [6.07, 6.45) is 6.67. The summed E-state index contributed by atoms with van der Waals surface area (Å²) in [4.78, 5) is 6.85. The minimum atomic E-state index is 0.462. The van der Waals surface area contributed by atoms with Crippen molar-refractivity contribution in [1.29, 1.82) is 0 Å². The molecule has 1 saturated heterocycles. The fourth-order valence-electron chi connectivity index (χ4n) is 4.22. The van der Waals surface area contributed by atoms with Gasteiger partial charge in [0.1, 0.15) is 0 Å². The second-order valence-corrected chi connectivity index (χ2v) is 7.57. The van der Waals surface area contributed by atoms with E-state index in [9.17, 15) is 0 Å². The normalized spacial score (nSPS) is 20.2. The third-order valence-electron chi connectivity index (χ3n) is 6.06. The van der Waals surface area contributed by atoms with Gasteiger partial charge in [0.25, 0.3) is 0 Å². The standard InChI is InChI=1S/C21H34N4O/c1-3-21(10-6-7-11-21)17-24-20(22-2)23-16-18-8-4-5-9-19(18)25-12-14-26-15-13-25/h4-5,8-9H,3,6-7,10-17H2,1-2H3,(H2,22,23,24). The molecule has 5 heteroatoms. The van der Waals surface area contributed by atoms with Gasteiger partial charge >= 0.3 is 0 Å². The predicted octanol–water partition coefficient (Wildman–Crippen LogP) is 3.16. The van der Waals surface area contributed by atoms with Crippen LogP contribution in [0.15, 0.2) is 29.3 Å². The van der Waals surface area contributed by atoms with Gasteiger partial charge in [0, 0.05) is 38.9 Å². The van der Waals surface area contributed by atoms with E-state index in [1.165, 1.54) is 43.4 Å². The number of nitrogens with one attached hydrogen (secondary N) is 2. The zero-order valence-electron chi connectivity index (χ0n) is 16.4. The summed E-state index contributed by atoms with van der Waals surface area (Å²) in [6.45, 7) is 7.67. The lowest BCUT2D eigenvalue weighted by atomic mass is 9.83. The van der Waals surface area contributed by atoms with E-state index in [2.05, 4.69) is 51.7 Å². The number of hydrogen-bond donors (Lipinski definition) is 2. The molecule has 0 unspecified atom stereocenters. The van der Waals surface area contributed by atoms with Crippen molar-refractivity contribution in [3.63, 3.8) is 0 Å². The van der Waals surface area contributed by atoms with Crippen LogP contribution in [0.4, 0.5) is 5.69 Å². The number of rotatable bonds is 6. The monoisotopic (exact) mass is 358 g/mol. The van der Waals surface area contributed by atoms with Gasteiger partial charge in [0.05, 0.1) is 13.2 Å². The van der Waals surface area contributed by atoms with E-state index in [1.807, 2.05) is 7.05 Å². The number of benzene rings is 1. The Hall–Kier alpha value is -1.75. The van der Waals surface area contributed by atoms with Crippen molar-refractivity contribution >= 4 is 11.6 Å². The minimum Gasteiger partial charge on any atom is -0.378 e. The minimum absolute atomic E-state index is 0.462. The molecule has 1 aliphatic heterocycles. The Morgan fingerprint density at radius 3 is 2.58 bits per heavy atom. The second-order valence-electron chi connectivity index (χ2n) is 7.57. The van der Waals surface area contributed by atoms with Gasteiger partial charge in [-0.2, -0.15) is 0 Å². The van der Waals surface area contributed by atoms with E-state index in [-0.39, 0.29) is 0 Å². The van der Waals surface area contributed by atoms with Crippen molar-refractivity contribution in [1.82, 2.24) is 10.6 Å². The van der Waals surface area contributed by atoms with Crippen molar-refractivity contribution in [2.75, 3.05) is 44.8 Å². The Labute approximate surface area is 158 Å². The van der Waals surface area contributed by atoms with Crippen LogP contribution in [0, 0.1) is 5.41 Å². The first-order valence-electron chi connectivity index (χ1n) is 10.1. The van der Waals surface area contributed by atoms with Crippen molar-refractivity contribution in [3.05, 3.63) is 29.8 Å². The lowest BCUT2D eigenvalue weighted by molar-refractivity contribution is 0.122. The molecule has 0 spiro atoms. The molecule has 1 aliphatic carbocycles. The maximum absolute atomic E-state index is 5.49. The average Bonchev–Trinajstić information content (AvgIpc) is 3.18. The summed E-state index contributed by atoms with van der Waals surface area (Å²) in [7, 11) is 1.86. The Kier molecular flexibility index (Phi) is 6.78. The third kappa shape index (κ3) is 4.70. The summed E-state index contributed by atoms with van der Waals surface area (Å²) in [5.74, 6) is 0.904. The molecule has 3 rings (SSSR count). The van der Waals surface area contributed by atoms with Gasteiger partial charge < -0.3 is 20.3 Å². The number of guanidine groups is 1. The molecule has 2 N–H and O–H groups in total. The molecule has 0 radical (unpaired) electrons. The molecular formula is C21H34N4O. The van der Waals surface area contributed by atoms with Crippen LogP contribution in [0.25, 0.3) is 0 Å². The molecule has 5 nitrogen and oxygen atoms in total. The molecule has 0 amide bonds. The highest BCUT2D eigenvalue weighted by atomic mass is 16.5. The van der Waals surface area contributed by atoms with E-state index in [0.717, 1.165) is 45.4 Å². The lowest BCUT2D eigenvalue weighted by Gasteiger charge is -2.31. The molecule has 1 aromatic rings. The molecular weight excluding hydrogens is 324 g/mol. The Morgan fingerprint density at radius 1 is 1.15 bits per heavy atom. The number of anilines is 1. The smallest absolute Gasteiger partial charge is 0.191 e. The first-order valence-corrected chi connectivity index (χ1v) is 10.1. The average molecular weight is 359 g/mol. The first kappa shape index (κ1) is 19.0. The summed E-state index contributed by atoms with van der Waals surface area (Å²) < 4.78 is 5.49. The highest BCUT2D eigenvalue weighted by Crippen LogP contribution is 2.40. The molecule has 144 valence electrons. The molecule has 0 aromatic heterocycles. The van der Waals surface area contributed by atoms with Crippen LogP contribution in [-0.2, 0) is 11.3 Å². The molecule has 1 heterocycles. The number of morpholine rings is 1. The van der Waals surface area contributed by atoms with Crippen LogP contribution in [-0.4, -0.2) is 45.9 Å². The van der Waals surface area contributed by atoms with Gasteiger partial charge in [-0.3, -0.25) is 4.99 Å². The largest absolute Gasteiger partial charge is 0.378 e. The number of nitrogens with zero attached hydrogens (tertiary/aromatic N) is 2. The third-order valence-corrected chi connectivity index (χ3v) is 6.06. The van der Waals surface area contributed by atoms with Gasteiger partial charge in [-0.1, -0.05) is 38.0 Å². The summed E-state index contributed by atoms with van der Waals surface area (Å²) >= 11 is 0. The van der Waals surface area contributed by atoms with E-state index < -0.39 is 0 Å². The van der Waals surface area contributed by atoms with Crippen molar-refractivity contribution in [2.24, 2.45) is 10.4 Å². The summed E-state index contributed by atoms with van der Waals surface area (Å²) in [5, 5.41) is 7.09. The van der Waals surface area contributed by atoms with Gasteiger partial charge in [-0.25, -0.2) is 0 Å². The van der Waals surface area contributed by atoms with Crippen molar-refractivity contribution in [3.8, 4) is 0 Å². The fourth-order valence-corrected chi connectivity index (χ4v) is 4.22. The van der Waals surface area contributed by atoms with Gasteiger partial charge in [-0.05, 0) is 36.3 Å². The quantitative estimate of drug-likeness (QED) is 0.606. The molecule has 0 atom stereocenters. The van der Waals surface area contributed by atoms with Gasteiger partial charge in [0.15, 0.2) is 5.96 Å². The van der Waals surface area contributed by atoms with E-state index in [4.69, 9.17) is 4.74 Å². The van der Waals surface area contributed by atoms with Gasteiger partial charge in [-0.15, -0.1) is 0 Å². The van der Waals surface area contributed by atoms with Gasteiger partial charge in [0.2, 0.25) is 0 Å². The molecule has 2 aliphatic rings. The number of ether oxygens (including phenoxy) is 1. The number of aliphatic imine (C=N–C) groups is 1. The summed E-state index contributed by atoms with van der Waals surface area (Å²) in [6, 6.07) is 8.65. The number of hydrogen-bond acceptors (Lipinski definition) is 3. The van der Waals surface area contributed by atoms with E-state index in [1.54, 1.807) is 0 Å². The van der Waals surface area contributed by atoms with E-state index >= 15 is 0 Å². The summed E-state index contributed by atoms with van der Waals surface area (Å²) in [5.41, 5.74) is 3.08. The van der Waals surface area contributed by atoms with Crippen LogP contribution in [0.1, 0.15) is 44.6 Å². The lowest BCUT2D eigenvalue weighted by Crippen LogP contribution is -2.43. The zero-order valence-corrected chi connectivity index (χ0v) is 16.4. The highest BCUT2D eigenvalue weighted by molar-refractivity contribution is 5.79. The second kappa shape index (κ2) is 9.26. The Balaban J connectivity index is 1.57. The molecule has 0 bridgehead atoms. The molecule has 26 heavy (non-hydrogen) atoms. The highest BCUT2D eigenvalue weighted by Gasteiger charge is 2.31. The van der Waals surface area contributed by atoms with Crippen LogP contribution in [0.3, 0.4) is 0 Å².